The molecule has 0 saturated carbocycles. The van der Waals surface area contributed by atoms with Gasteiger partial charge >= 0.3 is 5.97 Å². The third-order valence-electron chi connectivity index (χ3n) is 5.80. The number of allylic oxidation sites excluding steroid dienone is 1. The van der Waals surface area contributed by atoms with Gasteiger partial charge in [-0.05, 0) is 94.7 Å². The first-order chi connectivity index (χ1) is 13.0. The lowest BCUT2D eigenvalue weighted by Crippen LogP contribution is -2.34. The fourth-order valence-corrected chi connectivity index (χ4v) is 4.40. The zero-order chi connectivity index (χ0) is 20.7. The lowest BCUT2D eigenvalue weighted by Gasteiger charge is -2.42. The molecule has 2 aromatic carbocycles. The highest BCUT2D eigenvalue weighted by atomic mass is 127. The molecule has 0 unspecified atom stereocenters. The second-order valence-electron chi connectivity index (χ2n) is 8.73. The van der Waals surface area contributed by atoms with Crippen LogP contribution in [0.25, 0.3) is 5.76 Å². The van der Waals surface area contributed by atoms with Gasteiger partial charge in [-0.2, -0.15) is 0 Å². The zero-order valence-electron chi connectivity index (χ0n) is 17.1. The van der Waals surface area contributed by atoms with E-state index in [0.717, 1.165) is 27.1 Å². The van der Waals surface area contributed by atoms with Gasteiger partial charge in [-0.3, -0.25) is 0 Å². The third-order valence-corrected chi connectivity index (χ3v) is 6.65. The van der Waals surface area contributed by atoms with Crippen molar-refractivity contribution in [3.05, 3.63) is 68.3 Å². The highest BCUT2D eigenvalue weighted by Crippen LogP contribution is 2.48. The first kappa shape index (κ1) is 20.9. The third kappa shape index (κ3) is 3.97. The van der Waals surface area contributed by atoms with Crippen LogP contribution >= 0.6 is 22.6 Å². The van der Waals surface area contributed by atoms with Crippen LogP contribution in [-0.4, -0.2) is 11.1 Å². The summed E-state index contributed by atoms with van der Waals surface area (Å²) < 4.78 is 7.40. The van der Waals surface area contributed by atoms with Crippen molar-refractivity contribution in [3.8, 4) is 5.75 Å². The number of ether oxygens (including phenoxy) is 1. The van der Waals surface area contributed by atoms with Crippen molar-refractivity contribution in [1.29, 1.82) is 0 Å². The van der Waals surface area contributed by atoms with E-state index < -0.39 is 5.97 Å². The van der Waals surface area contributed by atoms with Gasteiger partial charge in [-0.1, -0.05) is 39.8 Å². The molecule has 1 aliphatic rings. The molecule has 4 heteroatoms. The molecule has 1 N–H and O–H groups in total. The Bertz CT molecular complexity index is 937. The Labute approximate surface area is 181 Å². The minimum atomic E-state index is -0.927. The minimum Gasteiger partial charge on any atom is -0.478 e. The van der Waals surface area contributed by atoms with Crippen LogP contribution < -0.4 is 4.74 Å². The van der Waals surface area contributed by atoms with E-state index in [-0.39, 0.29) is 16.4 Å². The molecule has 2 aromatic rings. The standard InChI is InChI=1S/C24H27IO3/c1-6-20(15-7-9-16(10-8-15)22(26)27)28-21-14-18-17(13-19(21)25)23(2,3)11-12-24(18,4)5/h6-10,13-14H,11-12H2,1-5H3,(H,26,27)/b20-6+. The van der Waals surface area contributed by atoms with Gasteiger partial charge in [0, 0.05) is 5.56 Å². The number of hydrogen-bond acceptors (Lipinski definition) is 2. The van der Waals surface area contributed by atoms with E-state index in [1.807, 2.05) is 13.0 Å². The maximum absolute atomic E-state index is 11.1. The van der Waals surface area contributed by atoms with E-state index in [1.54, 1.807) is 24.3 Å². The molecule has 0 radical (unpaired) electrons. The average molecular weight is 490 g/mol. The van der Waals surface area contributed by atoms with Gasteiger partial charge < -0.3 is 9.84 Å². The summed E-state index contributed by atoms with van der Waals surface area (Å²) in [5.74, 6) is 0.645. The van der Waals surface area contributed by atoms with Gasteiger partial charge in [0.15, 0.2) is 0 Å². The summed E-state index contributed by atoms with van der Waals surface area (Å²) >= 11 is 2.35. The van der Waals surface area contributed by atoms with Crippen LogP contribution in [0.15, 0.2) is 42.5 Å². The first-order valence-electron chi connectivity index (χ1n) is 9.57. The molecular weight excluding hydrogens is 463 g/mol. The van der Waals surface area contributed by atoms with Crippen molar-refractivity contribution in [2.45, 2.75) is 58.3 Å². The van der Waals surface area contributed by atoms with Gasteiger partial charge in [-0.15, -0.1) is 0 Å². The summed E-state index contributed by atoms with van der Waals surface area (Å²) in [7, 11) is 0. The molecule has 0 heterocycles. The smallest absolute Gasteiger partial charge is 0.335 e. The number of fused-ring (bicyclic) bond motifs is 1. The Kier molecular flexibility index (Phi) is 5.63. The zero-order valence-corrected chi connectivity index (χ0v) is 19.3. The Morgan fingerprint density at radius 2 is 1.50 bits per heavy atom. The number of carbonyl (C=O) groups is 1. The van der Waals surface area contributed by atoms with Crippen molar-refractivity contribution < 1.29 is 14.6 Å². The SMILES string of the molecule is C/C=C(/Oc1cc2c(cc1I)C(C)(C)CCC2(C)C)c1ccc(C(=O)O)cc1. The highest BCUT2D eigenvalue weighted by Gasteiger charge is 2.37. The van der Waals surface area contributed by atoms with Gasteiger partial charge in [0.25, 0.3) is 0 Å². The molecular formula is C24H27IO3. The quantitative estimate of drug-likeness (QED) is 0.380. The molecule has 0 atom stereocenters. The number of benzene rings is 2. The first-order valence-corrected chi connectivity index (χ1v) is 10.7. The predicted molar refractivity (Wildman–Crippen MR) is 122 cm³/mol. The monoisotopic (exact) mass is 490 g/mol. The summed E-state index contributed by atoms with van der Waals surface area (Å²) in [6.07, 6.45) is 4.25. The summed E-state index contributed by atoms with van der Waals surface area (Å²) in [5.41, 5.74) is 4.18. The second-order valence-corrected chi connectivity index (χ2v) is 9.90. The van der Waals surface area contributed by atoms with Crippen LogP contribution in [0.1, 0.15) is 74.5 Å². The van der Waals surface area contributed by atoms with Crippen LogP contribution in [0.4, 0.5) is 0 Å². The second kappa shape index (κ2) is 7.54. The number of hydrogen-bond donors (Lipinski definition) is 1. The summed E-state index contributed by atoms with van der Waals surface area (Å²) in [5, 5.41) is 9.10. The summed E-state index contributed by atoms with van der Waals surface area (Å²) in [4.78, 5) is 11.1. The molecule has 0 fully saturated rings. The molecule has 0 bridgehead atoms. The van der Waals surface area contributed by atoms with Crippen molar-refractivity contribution in [3.63, 3.8) is 0 Å². The topological polar surface area (TPSA) is 46.5 Å². The van der Waals surface area contributed by atoms with E-state index in [9.17, 15) is 4.79 Å². The van der Waals surface area contributed by atoms with Crippen LogP contribution in [0, 0.1) is 3.57 Å². The largest absolute Gasteiger partial charge is 0.478 e. The van der Waals surface area contributed by atoms with Crippen LogP contribution in [0.3, 0.4) is 0 Å². The Balaban J connectivity index is 1.99. The number of rotatable bonds is 4. The highest BCUT2D eigenvalue weighted by molar-refractivity contribution is 14.1. The fourth-order valence-electron chi connectivity index (χ4n) is 3.83. The number of aromatic carboxylic acids is 1. The van der Waals surface area contributed by atoms with E-state index in [1.165, 1.54) is 17.5 Å². The Hall–Kier alpha value is -1.82. The number of carboxylic acid groups (broad SMARTS) is 1. The van der Waals surface area contributed by atoms with E-state index in [4.69, 9.17) is 9.84 Å². The lowest BCUT2D eigenvalue weighted by atomic mass is 9.63. The molecule has 1 aliphatic carbocycles. The molecule has 0 aromatic heterocycles. The molecule has 148 valence electrons. The van der Waals surface area contributed by atoms with Crippen molar-refractivity contribution in [1.82, 2.24) is 0 Å². The van der Waals surface area contributed by atoms with Crippen LogP contribution in [0.5, 0.6) is 5.75 Å². The molecule has 0 aliphatic heterocycles. The average Bonchev–Trinajstić information content (AvgIpc) is 2.64. The Morgan fingerprint density at radius 1 is 1.00 bits per heavy atom. The number of halogens is 1. The molecule has 0 spiro atoms. The maximum Gasteiger partial charge on any atom is 0.335 e. The molecule has 3 rings (SSSR count). The lowest BCUT2D eigenvalue weighted by molar-refractivity contribution is 0.0697. The fraction of sp³-hybridized carbons (Fsp3) is 0.375. The summed E-state index contributed by atoms with van der Waals surface area (Å²) in [6, 6.07) is 11.3. The van der Waals surface area contributed by atoms with Crippen molar-refractivity contribution in [2.24, 2.45) is 0 Å². The Morgan fingerprint density at radius 3 is 2.00 bits per heavy atom. The normalized spacial score (nSPS) is 17.7. The molecule has 0 saturated heterocycles. The maximum atomic E-state index is 11.1. The van der Waals surface area contributed by atoms with Crippen molar-refractivity contribution in [2.75, 3.05) is 0 Å². The molecule has 0 amide bonds. The number of carboxylic acids is 1. The van der Waals surface area contributed by atoms with E-state index >= 15 is 0 Å². The van der Waals surface area contributed by atoms with E-state index in [2.05, 4.69) is 62.4 Å². The summed E-state index contributed by atoms with van der Waals surface area (Å²) in [6.45, 7) is 11.2. The van der Waals surface area contributed by atoms with Gasteiger partial charge in [0.2, 0.25) is 0 Å². The van der Waals surface area contributed by atoms with Crippen LogP contribution in [-0.2, 0) is 10.8 Å². The van der Waals surface area contributed by atoms with Gasteiger partial charge in [0.1, 0.15) is 11.5 Å². The van der Waals surface area contributed by atoms with Crippen molar-refractivity contribution >= 4 is 34.3 Å². The molecule has 3 nitrogen and oxygen atoms in total. The van der Waals surface area contributed by atoms with E-state index in [0.29, 0.717) is 0 Å². The minimum absolute atomic E-state index is 0.118. The van der Waals surface area contributed by atoms with Crippen LogP contribution in [0.2, 0.25) is 0 Å². The van der Waals surface area contributed by atoms with Gasteiger partial charge in [0.05, 0.1) is 9.13 Å². The van der Waals surface area contributed by atoms with Gasteiger partial charge in [-0.25, -0.2) is 4.79 Å². The molecule has 28 heavy (non-hydrogen) atoms. The predicted octanol–water partition coefficient (Wildman–Crippen LogP) is 6.78.